The molecule has 8 amide bonds. The van der Waals surface area contributed by atoms with Crippen molar-refractivity contribution in [2.75, 3.05) is 27.7 Å². The van der Waals surface area contributed by atoms with Crippen LogP contribution >= 0.6 is 0 Å². The van der Waals surface area contributed by atoms with Crippen LogP contribution in [0.25, 0.3) is 0 Å². The highest BCUT2D eigenvalue weighted by atomic mass is 16.6. The Morgan fingerprint density at radius 1 is 0.519 bits per heavy atom. The van der Waals surface area contributed by atoms with Crippen molar-refractivity contribution >= 4 is 53.2 Å². The van der Waals surface area contributed by atoms with Gasteiger partial charge in [0.2, 0.25) is 41.4 Å². The van der Waals surface area contributed by atoms with Crippen LogP contribution in [-0.4, -0.2) is 155 Å². The molecule has 2 aliphatic heterocycles. The minimum Gasteiger partial charge on any atom is -0.450 e. The summed E-state index contributed by atoms with van der Waals surface area (Å²) in [6.45, 7) is 21.7. The zero-order valence-electron chi connectivity index (χ0n) is 48.5. The van der Waals surface area contributed by atoms with E-state index in [0.29, 0.717) is 24.8 Å². The maximum absolute atomic E-state index is 15.2. The van der Waals surface area contributed by atoms with Crippen molar-refractivity contribution in [2.45, 2.75) is 182 Å². The zero-order chi connectivity index (χ0) is 57.6. The number of hydrogen-bond acceptors (Lipinski definition) is 10. The third-order valence-corrected chi connectivity index (χ3v) is 15.4. The fourth-order valence-corrected chi connectivity index (χ4v) is 10.5. The molecule has 0 spiro atoms. The van der Waals surface area contributed by atoms with E-state index in [0.717, 1.165) is 5.56 Å². The Balaban J connectivity index is 1.94. The molecule has 4 N–H and O–H groups in total. The Morgan fingerprint density at radius 2 is 1.01 bits per heavy atom. The molecular formula is C59H90N8O10. The van der Waals surface area contributed by atoms with E-state index in [1.54, 1.807) is 55.4 Å². The molecule has 2 heterocycles. The Hall–Kier alpha value is -6.33. The minimum atomic E-state index is -1.40. The molecule has 0 aliphatic carbocycles. The summed E-state index contributed by atoms with van der Waals surface area (Å²) in [7, 11) is 4.41. The van der Waals surface area contributed by atoms with E-state index in [9.17, 15) is 33.6 Å². The molecular weight excluding hydrogens is 981 g/mol. The molecule has 0 saturated carbocycles. The van der Waals surface area contributed by atoms with Crippen LogP contribution in [0.4, 0.5) is 0 Å². The van der Waals surface area contributed by atoms with Crippen molar-refractivity contribution in [2.24, 2.45) is 35.5 Å². The summed E-state index contributed by atoms with van der Waals surface area (Å²) in [6, 6.07) is 8.99. The molecule has 4 rings (SSSR count). The molecule has 0 radical (unpaired) electrons. The van der Waals surface area contributed by atoms with Gasteiger partial charge in [-0.3, -0.25) is 38.4 Å². The molecule has 0 unspecified atom stereocenters. The van der Waals surface area contributed by atoms with E-state index < -0.39 is 137 Å². The molecule has 2 fully saturated rings. The quantitative estimate of drug-likeness (QED) is 0.198. The van der Waals surface area contributed by atoms with Gasteiger partial charge in [0, 0.05) is 46.4 Å². The van der Waals surface area contributed by atoms with Crippen LogP contribution in [0.15, 0.2) is 60.7 Å². The lowest BCUT2D eigenvalue weighted by molar-refractivity contribution is -0.172. The molecule has 18 nitrogen and oxygen atoms in total. The number of carbonyl (C=O) groups is 9. The first kappa shape index (κ1) is 63.2. The van der Waals surface area contributed by atoms with Crippen LogP contribution in [0, 0.1) is 35.5 Å². The monoisotopic (exact) mass is 1070 g/mol. The summed E-state index contributed by atoms with van der Waals surface area (Å²) in [6.07, 6.45) is 0.468. The first-order chi connectivity index (χ1) is 36.2. The molecule has 426 valence electrons. The van der Waals surface area contributed by atoms with E-state index >= 15 is 9.59 Å². The van der Waals surface area contributed by atoms with Crippen molar-refractivity contribution in [3.8, 4) is 0 Å². The van der Waals surface area contributed by atoms with Crippen LogP contribution in [0.3, 0.4) is 0 Å². The molecule has 2 aromatic rings. The third kappa shape index (κ3) is 16.4. The average molecular weight is 1070 g/mol. The topological polar surface area (TPSA) is 224 Å². The van der Waals surface area contributed by atoms with Gasteiger partial charge in [-0.25, -0.2) is 4.79 Å². The molecule has 0 bridgehead atoms. The minimum absolute atomic E-state index is 0.0189. The van der Waals surface area contributed by atoms with Crippen LogP contribution < -0.4 is 21.3 Å². The van der Waals surface area contributed by atoms with Gasteiger partial charge in [-0.2, -0.15) is 0 Å². The number of ether oxygens (including phenoxy) is 1. The third-order valence-electron chi connectivity index (χ3n) is 15.4. The molecule has 2 aliphatic rings. The second kappa shape index (κ2) is 28.9. The number of nitrogens with one attached hydrogen (secondary N) is 4. The summed E-state index contributed by atoms with van der Waals surface area (Å²) < 4.78 is 6.17. The van der Waals surface area contributed by atoms with Crippen molar-refractivity contribution in [1.29, 1.82) is 0 Å². The second-order valence-corrected chi connectivity index (χ2v) is 22.9. The normalized spacial score (nSPS) is 26.6. The van der Waals surface area contributed by atoms with Gasteiger partial charge >= 0.3 is 5.97 Å². The summed E-state index contributed by atoms with van der Waals surface area (Å²) in [5, 5.41) is 11.7. The highest BCUT2D eigenvalue weighted by molar-refractivity contribution is 5.99. The SMILES string of the molecule is CC[C@@H](C)[C@@H]1OC(=O)[C@H](C(C)C)N(C)C(=O)[C@@H](CC(C)C)NC(=O)[C@H](C(C)C)NC(=O)[C@@H]([C@@H](C)CC)NC(=O)[C@@H]2CCCN2C(=O)[C@@H](Cc2ccccc2)N(C)C(=O)[C@H](Cc2ccccc2)NC(=O)[C@@H](C(C)C)N(C)C1=O. The van der Waals surface area contributed by atoms with Gasteiger partial charge in [0.15, 0.2) is 6.10 Å². The largest absolute Gasteiger partial charge is 0.450 e. The van der Waals surface area contributed by atoms with Crippen molar-refractivity contribution in [3.63, 3.8) is 0 Å². The maximum Gasteiger partial charge on any atom is 0.329 e. The summed E-state index contributed by atoms with van der Waals surface area (Å²) in [5.74, 6) is -8.35. The molecule has 11 atom stereocenters. The number of amides is 8. The van der Waals surface area contributed by atoms with Gasteiger partial charge in [-0.05, 0) is 66.4 Å². The number of nitrogens with zero attached hydrogens (tertiary/aromatic N) is 4. The Morgan fingerprint density at radius 3 is 1.53 bits per heavy atom. The van der Waals surface area contributed by atoms with Crippen LogP contribution in [-0.2, 0) is 60.7 Å². The standard InChI is InChI=1S/C59H90N8O10/c1-16-38(11)47-53(70)62-46(35(5)6)52(69)60-42(31-34(3)4)56(73)66(15)49(37(9)10)59(76)77-50(39(12)17-2)58(75)65(14)48(36(7)8)54(71)61-43(32-40-25-20-18-21-26-40)55(72)64(13)45(33-41-27-22-19-23-28-41)57(74)67-30-24-29-44(67)51(68)63-47/h18-23,25-28,34-39,42-50H,16-17,24,29-33H2,1-15H3,(H,60,69)(H,61,71)(H,62,70)(H,63,68)/t38-,39+,42+,43-,44-,45+,46-,47+,48+,49-,50-/m0/s1. The number of carbonyl (C=O) groups excluding carboxylic acids is 9. The molecule has 2 aromatic carbocycles. The summed E-state index contributed by atoms with van der Waals surface area (Å²) >= 11 is 0. The van der Waals surface area contributed by atoms with E-state index in [-0.39, 0.29) is 38.1 Å². The lowest BCUT2D eigenvalue weighted by atomic mass is 9.95. The summed E-state index contributed by atoms with van der Waals surface area (Å²) in [5.41, 5.74) is 1.45. The fraction of sp³-hybridized carbons (Fsp3) is 0.644. The number of fused-ring (bicyclic) bond motifs is 1. The van der Waals surface area contributed by atoms with Crippen molar-refractivity contribution in [3.05, 3.63) is 71.8 Å². The Labute approximate surface area is 457 Å². The number of cyclic esters (lactones) is 1. The van der Waals surface area contributed by atoms with Crippen LogP contribution in [0.5, 0.6) is 0 Å². The lowest BCUT2D eigenvalue weighted by Gasteiger charge is -2.38. The zero-order valence-corrected chi connectivity index (χ0v) is 48.5. The molecule has 2 saturated heterocycles. The number of hydrogen-bond donors (Lipinski definition) is 4. The first-order valence-corrected chi connectivity index (χ1v) is 27.9. The van der Waals surface area contributed by atoms with Gasteiger partial charge in [0.25, 0.3) is 5.91 Å². The first-order valence-electron chi connectivity index (χ1n) is 27.9. The van der Waals surface area contributed by atoms with Crippen molar-refractivity contribution in [1.82, 2.24) is 40.9 Å². The second-order valence-electron chi connectivity index (χ2n) is 22.9. The van der Waals surface area contributed by atoms with Crippen molar-refractivity contribution < 1.29 is 47.9 Å². The van der Waals surface area contributed by atoms with E-state index in [4.69, 9.17) is 4.74 Å². The summed E-state index contributed by atoms with van der Waals surface area (Å²) in [4.78, 5) is 138. The van der Waals surface area contributed by atoms with Crippen LogP contribution in [0.1, 0.15) is 126 Å². The van der Waals surface area contributed by atoms with Gasteiger partial charge in [0.05, 0.1) is 0 Å². The highest BCUT2D eigenvalue weighted by Crippen LogP contribution is 2.26. The Bertz CT molecular complexity index is 2350. The fourth-order valence-electron chi connectivity index (χ4n) is 10.5. The Kier molecular flexibility index (Phi) is 23.7. The highest BCUT2D eigenvalue weighted by Gasteiger charge is 2.45. The van der Waals surface area contributed by atoms with E-state index in [1.807, 2.05) is 88.4 Å². The molecule has 77 heavy (non-hydrogen) atoms. The number of esters is 1. The van der Waals surface area contributed by atoms with E-state index in [1.165, 1.54) is 40.7 Å². The van der Waals surface area contributed by atoms with Gasteiger partial charge < -0.3 is 45.6 Å². The molecule has 18 heteroatoms. The lowest BCUT2D eigenvalue weighted by Crippen LogP contribution is -2.62. The van der Waals surface area contributed by atoms with Crippen LogP contribution in [0.2, 0.25) is 0 Å². The van der Waals surface area contributed by atoms with Gasteiger partial charge in [-0.1, -0.05) is 150 Å². The van der Waals surface area contributed by atoms with Gasteiger partial charge in [-0.15, -0.1) is 0 Å². The smallest absolute Gasteiger partial charge is 0.329 e. The molecule has 0 aromatic heterocycles. The number of likely N-dealkylation sites (N-methyl/N-ethyl adjacent to an activating group) is 3. The van der Waals surface area contributed by atoms with Gasteiger partial charge in [0.1, 0.15) is 48.3 Å². The number of rotatable bonds is 13. The predicted octanol–water partition coefficient (Wildman–Crippen LogP) is 4.91. The number of benzene rings is 2. The predicted molar refractivity (Wildman–Crippen MR) is 295 cm³/mol. The van der Waals surface area contributed by atoms with E-state index in [2.05, 4.69) is 21.3 Å². The average Bonchev–Trinajstić information content (AvgIpc) is 3.89. The maximum atomic E-state index is 15.2.